The summed E-state index contributed by atoms with van der Waals surface area (Å²) in [7, 11) is 0. The van der Waals surface area contributed by atoms with Gasteiger partial charge in [0, 0.05) is 17.0 Å². The normalized spacial score (nSPS) is 10.9. The molecule has 0 aliphatic heterocycles. The average Bonchev–Trinajstić information content (AvgIpc) is 2.25. The fraction of sp³-hybridized carbons (Fsp3) is 0.100. The number of hydrogen-bond donors (Lipinski definition) is 1. The van der Waals surface area contributed by atoms with E-state index in [2.05, 4.69) is 4.98 Å². The molecule has 0 bridgehead atoms. The van der Waals surface area contributed by atoms with Gasteiger partial charge in [-0.2, -0.15) is 0 Å². The third-order valence-electron chi connectivity index (χ3n) is 2.13. The lowest BCUT2D eigenvalue weighted by molar-refractivity contribution is 0.278. The maximum Gasteiger partial charge on any atom is 0.195 e. The molecule has 0 saturated carbocycles. The number of fused-ring (bicyclic) bond motifs is 1. The number of aliphatic hydroxyl groups excluding tert-OH is 1. The maximum atomic E-state index is 13.3. The van der Waals surface area contributed by atoms with Gasteiger partial charge < -0.3 is 5.11 Å². The molecule has 0 unspecified atom stereocenters. The molecule has 0 saturated heterocycles. The topological polar surface area (TPSA) is 33.1 Å². The van der Waals surface area contributed by atoms with Gasteiger partial charge in [-0.3, -0.25) is 4.98 Å². The SMILES string of the molecule is OCc1nccc2c(F)c(F)c(F)cc12. The van der Waals surface area contributed by atoms with E-state index in [1.165, 1.54) is 12.3 Å². The third kappa shape index (κ3) is 1.45. The lowest BCUT2D eigenvalue weighted by atomic mass is 10.1. The summed E-state index contributed by atoms with van der Waals surface area (Å²) < 4.78 is 39.0. The first-order chi connectivity index (χ1) is 7.15. The van der Waals surface area contributed by atoms with E-state index in [1.807, 2.05) is 0 Å². The van der Waals surface area contributed by atoms with Crippen molar-refractivity contribution < 1.29 is 18.3 Å². The van der Waals surface area contributed by atoms with Crippen LogP contribution in [0.1, 0.15) is 5.69 Å². The molecule has 1 aromatic heterocycles. The van der Waals surface area contributed by atoms with Crippen LogP contribution in [-0.4, -0.2) is 10.1 Å². The molecule has 2 aromatic rings. The Morgan fingerprint density at radius 2 is 1.87 bits per heavy atom. The molecule has 15 heavy (non-hydrogen) atoms. The van der Waals surface area contributed by atoms with Gasteiger partial charge in [0.1, 0.15) is 0 Å². The zero-order chi connectivity index (χ0) is 11.0. The molecular formula is C10H6F3NO. The van der Waals surface area contributed by atoms with E-state index in [1.54, 1.807) is 0 Å². The molecule has 0 fully saturated rings. The Morgan fingerprint density at radius 1 is 1.13 bits per heavy atom. The van der Waals surface area contributed by atoms with Crippen LogP contribution in [0.15, 0.2) is 18.3 Å². The van der Waals surface area contributed by atoms with Crippen LogP contribution in [0, 0.1) is 17.5 Å². The first-order valence-corrected chi connectivity index (χ1v) is 4.17. The van der Waals surface area contributed by atoms with Gasteiger partial charge in [0.2, 0.25) is 0 Å². The third-order valence-corrected chi connectivity index (χ3v) is 2.13. The fourth-order valence-corrected chi connectivity index (χ4v) is 1.41. The number of aliphatic hydroxyl groups is 1. The summed E-state index contributed by atoms with van der Waals surface area (Å²) in [6.07, 6.45) is 1.23. The van der Waals surface area contributed by atoms with E-state index in [-0.39, 0.29) is 16.5 Å². The number of hydrogen-bond acceptors (Lipinski definition) is 2. The van der Waals surface area contributed by atoms with E-state index in [4.69, 9.17) is 5.11 Å². The molecule has 0 spiro atoms. The second kappa shape index (κ2) is 3.51. The highest BCUT2D eigenvalue weighted by molar-refractivity contribution is 5.85. The smallest absolute Gasteiger partial charge is 0.195 e. The van der Waals surface area contributed by atoms with Crippen molar-refractivity contribution in [2.45, 2.75) is 6.61 Å². The van der Waals surface area contributed by atoms with Crippen molar-refractivity contribution >= 4 is 10.8 Å². The molecule has 0 aliphatic rings. The van der Waals surface area contributed by atoms with Crippen molar-refractivity contribution in [2.24, 2.45) is 0 Å². The molecule has 0 aliphatic carbocycles. The molecule has 0 atom stereocenters. The van der Waals surface area contributed by atoms with E-state index in [9.17, 15) is 13.2 Å². The minimum atomic E-state index is -1.52. The minimum absolute atomic E-state index is 0.0800. The number of rotatable bonds is 1. The molecule has 0 amide bonds. The lowest BCUT2D eigenvalue weighted by Gasteiger charge is -2.05. The molecule has 78 valence electrons. The second-order valence-corrected chi connectivity index (χ2v) is 3.00. The number of aromatic nitrogens is 1. The van der Waals surface area contributed by atoms with Gasteiger partial charge in [-0.25, -0.2) is 13.2 Å². The Bertz CT molecular complexity index is 528. The summed E-state index contributed by atoms with van der Waals surface area (Å²) in [4.78, 5) is 3.73. The summed E-state index contributed by atoms with van der Waals surface area (Å²) in [5, 5.41) is 8.88. The van der Waals surface area contributed by atoms with Crippen molar-refractivity contribution in [3.8, 4) is 0 Å². The van der Waals surface area contributed by atoms with Gasteiger partial charge in [0.05, 0.1) is 12.3 Å². The predicted molar refractivity (Wildman–Crippen MR) is 47.5 cm³/mol. The van der Waals surface area contributed by atoms with Crippen LogP contribution in [0.25, 0.3) is 10.8 Å². The summed E-state index contributed by atoms with van der Waals surface area (Å²) in [5.41, 5.74) is 0.116. The highest BCUT2D eigenvalue weighted by Gasteiger charge is 2.15. The average molecular weight is 213 g/mol. The van der Waals surface area contributed by atoms with Crippen LogP contribution in [0.4, 0.5) is 13.2 Å². The summed E-state index contributed by atoms with van der Waals surface area (Å²) >= 11 is 0. The molecule has 0 radical (unpaired) electrons. The van der Waals surface area contributed by atoms with Crippen LogP contribution < -0.4 is 0 Å². The van der Waals surface area contributed by atoms with Gasteiger partial charge in [0.15, 0.2) is 17.5 Å². The van der Waals surface area contributed by atoms with E-state index in [0.717, 1.165) is 6.07 Å². The predicted octanol–water partition coefficient (Wildman–Crippen LogP) is 2.14. The van der Waals surface area contributed by atoms with Crippen LogP contribution in [0.5, 0.6) is 0 Å². The van der Waals surface area contributed by atoms with Crippen molar-refractivity contribution in [1.82, 2.24) is 4.98 Å². The first-order valence-electron chi connectivity index (χ1n) is 4.17. The van der Waals surface area contributed by atoms with Gasteiger partial charge in [-0.1, -0.05) is 0 Å². The number of halogens is 3. The van der Waals surface area contributed by atoms with Crippen molar-refractivity contribution in [1.29, 1.82) is 0 Å². The first kappa shape index (κ1) is 9.92. The largest absolute Gasteiger partial charge is 0.390 e. The Labute approximate surface area is 83.0 Å². The lowest BCUT2D eigenvalue weighted by Crippen LogP contribution is -1.97. The van der Waals surface area contributed by atoms with Gasteiger partial charge in [0.25, 0.3) is 0 Å². The molecule has 1 heterocycles. The zero-order valence-corrected chi connectivity index (χ0v) is 7.47. The van der Waals surface area contributed by atoms with Gasteiger partial charge >= 0.3 is 0 Å². The second-order valence-electron chi connectivity index (χ2n) is 3.00. The Balaban J connectivity index is 2.91. The standard InChI is InChI=1S/C10H6F3NO/c11-7-3-6-5(9(12)10(7)13)1-2-14-8(6)4-15/h1-3,15H,4H2. The minimum Gasteiger partial charge on any atom is -0.390 e. The Kier molecular flexibility index (Phi) is 2.32. The van der Waals surface area contributed by atoms with Crippen LogP contribution in [-0.2, 0) is 6.61 Å². The quantitative estimate of drug-likeness (QED) is 0.736. The fourth-order valence-electron chi connectivity index (χ4n) is 1.41. The molecular weight excluding hydrogens is 207 g/mol. The van der Waals surface area contributed by atoms with Crippen LogP contribution in [0.2, 0.25) is 0 Å². The molecule has 2 rings (SSSR count). The van der Waals surface area contributed by atoms with Gasteiger partial charge in [-0.05, 0) is 12.1 Å². The van der Waals surface area contributed by atoms with Crippen molar-refractivity contribution in [3.05, 3.63) is 41.5 Å². The molecule has 5 heteroatoms. The molecule has 1 aromatic carbocycles. The Morgan fingerprint density at radius 3 is 2.53 bits per heavy atom. The van der Waals surface area contributed by atoms with Crippen molar-refractivity contribution in [2.75, 3.05) is 0 Å². The highest BCUT2D eigenvalue weighted by Crippen LogP contribution is 2.24. The van der Waals surface area contributed by atoms with E-state index in [0.29, 0.717) is 0 Å². The van der Waals surface area contributed by atoms with Crippen LogP contribution in [0.3, 0.4) is 0 Å². The summed E-state index contributed by atoms with van der Waals surface area (Å²) in [6.45, 7) is -0.456. The monoisotopic (exact) mass is 213 g/mol. The van der Waals surface area contributed by atoms with Crippen LogP contribution >= 0.6 is 0 Å². The zero-order valence-electron chi connectivity index (χ0n) is 7.47. The maximum absolute atomic E-state index is 13.3. The highest BCUT2D eigenvalue weighted by atomic mass is 19.2. The van der Waals surface area contributed by atoms with E-state index >= 15 is 0 Å². The summed E-state index contributed by atoms with van der Waals surface area (Å²) in [5.74, 6) is -4.07. The number of benzene rings is 1. The van der Waals surface area contributed by atoms with Crippen molar-refractivity contribution in [3.63, 3.8) is 0 Å². The number of nitrogens with zero attached hydrogens (tertiary/aromatic N) is 1. The molecule has 2 nitrogen and oxygen atoms in total. The number of pyridine rings is 1. The van der Waals surface area contributed by atoms with E-state index < -0.39 is 24.1 Å². The van der Waals surface area contributed by atoms with Gasteiger partial charge in [-0.15, -0.1) is 0 Å². The summed E-state index contributed by atoms with van der Waals surface area (Å²) in [6, 6.07) is 2.05. The Hall–Kier alpha value is -1.62. The molecule has 1 N–H and O–H groups in total.